The van der Waals surface area contributed by atoms with Crippen LogP contribution in [0.25, 0.3) is 0 Å². The molecule has 6 heteroatoms. The van der Waals surface area contributed by atoms with Crippen LogP contribution in [0, 0.1) is 0 Å². The number of carboxylic acids is 1. The first kappa shape index (κ1) is 19.2. The molecule has 1 aromatic rings. The Kier molecular flexibility index (Phi) is 8.56. The van der Waals surface area contributed by atoms with E-state index < -0.39 is 5.97 Å². The molecular weight excluding hydrogens is 376 g/mol. The second-order valence-corrected chi connectivity index (χ2v) is 6.83. The molecule has 2 rings (SSSR count). The van der Waals surface area contributed by atoms with Gasteiger partial charge in [0.25, 0.3) is 0 Å². The van der Waals surface area contributed by atoms with Crippen molar-refractivity contribution in [2.24, 2.45) is 0 Å². The molecule has 0 saturated carbocycles. The molecule has 0 amide bonds. The standard InChI is InChI=1S/C18H25BrO5/c19-15-11-14(18(20)21)12-16(13-15)22-8-6-4-2-1-3-5-7-17-23-9-10-24-17/h11-13,17H,1-10H2,(H,20,21). The smallest absolute Gasteiger partial charge is 0.335 e. The summed E-state index contributed by atoms with van der Waals surface area (Å²) in [5.41, 5.74) is 0.231. The molecule has 1 heterocycles. The fourth-order valence-corrected chi connectivity index (χ4v) is 3.13. The van der Waals surface area contributed by atoms with Crippen molar-refractivity contribution < 1.29 is 24.1 Å². The predicted molar refractivity (Wildman–Crippen MR) is 94.6 cm³/mol. The second kappa shape index (κ2) is 10.7. The summed E-state index contributed by atoms with van der Waals surface area (Å²) >= 11 is 3.30. The van der Waals surface area contributed by atoms with Crippen LogP contribution in [-0.2, 0) is 9.47 Å². The number of hydrogen-bond donors (Lipinski definition) is 1. The van der Waals surface area contributed by atoms with Crippen molar-refractivity contribution >= 4 is 21.9 Å². The number of ether oxygens (including phenoxy) is 3. The van der Waals surface area contributed by atoms with E-state index in [0.29, 0.717) is 16.8 Å². The van der Waals surface area contributed by atoms with Crippen LogP contribution in [0.5, 0.6) is 5.75 Å². The van der Waals surface area contributed by atoms with Gasteiger partial charge in [-0.1, -0.05) is 41.6 Å². The first-order valence-electron chi connectivity index (χ1n) is 8.55. The minimum absolute atomic E-state index is 0.0271. The summed E-state index contributed by atoms with van der Waals surface area (Å²) in [6.45, 7) is 2.08. The van der Waals surface area contributed by atoms with E-state index >= 15 is 0 Å². The fraction of sp³-hybridized carbons (Fsp3) is 0.611. The molecule has 0 spiro atoms. The molecule has 0 atom stereocenters. The Morgan fingerprint density at radius 1 is 1.08 bits per heavy atom. The lowest BCUT2D eigenvalue weighted by atomic mass is 10.1. The van der Waals surface area contributed by atoms with Crippen LogP contribution < -0.4 is 4.74 Å². The quantitative estimate of drug-likeness (QED) is 0.548. The lowest BCUT2D eigenvalue weighted by Crippen LogP contribution is -2.06. The van der Waals surface area contributed by atoms with Gasteiger partial charge in [0.2, 0.25) is 0 Å². The summed E-state index contributed by atoms with van der Waals surface area (Å²) in [6.07, 6.45) is 7.88. The topological polar surface area (TPSA) is 65.0 Å². The zero-order valence-electron chi connectivity index (χ0n) is 13.8. The van der Waals surface area contributed by atoms with E-state index in [2.05, 4.69) is 15.9 Å². The van der Waals surface area contributed by atoms with Crippen LogP contribution in [0.15, 0.2) is 22.7 Å². The maximum Gasteiger partial charge on any atom is 0.335 e. The van der Waals surface area contributed by atoms with E-state index in [-0.39, 0.29) is 11.9 Å². The van der Waals surface area contributed by atoms with Crippen LogP contribution in [-0.4, -0.2) is 37.2 Å². The third-order valence-corrected chi connectivity index (χ3v) is 4.37. The fourth-order valence-electron chi connectivity index (χ4n) is 2.65. The van der Waals surface area contributed by atoms with Crippen LogP contribution in [0.4, 0.5) is 0 Å². The highest BCUT2D eigenvalue weighted by molar-refractivity contribution is 9.10. The average Bonchev–Trinajstić information content (AvgIpc) is 3.06. The van der Waals surface area contributed by atoms with Crippen molar-refractivity contribution in [1.29, 1.82) is 0 Å². The molecule has 5 nitrogen and oxygen atoms in total. The molecule has 1 fully saturated rings. The number of halogens is 1. The van der Waals surface area contributed by atoms with Gasteiger partial charge in [-0.05, 0) is 37.5 Å². The third-order valence-electron chi connectivity index (χ3n) is 3.91. The Bertz CT molecular complexity index is 514. The Hall–Kier alpha value is -1.11. The predicted octanol–water partition coefficient (Wildman–Crippen LogP) is 4.63. The van der Waals surface area contributed by atoms with Crippen LogP contribution >= 0.6 is 15.9 Å². The highest BCUT2D eigenvalue weighted by Gasteiger charge is 2.14. The zero-order valence-corrected chi connectivity index (χ0v) is 15.4. The lowest BCUT2D eigenvalue weighted by molar-refractivity contribution is -0.0480. The van der Waals surface area contributed by atoms with E-state index in [9.17, 15) is 4.79 Å². The number of rotatable bonds is 11. The Balaban J connectivity index is 1.49. The van der Waals surface area contributed by atoms with Gasteiger partial charge < -0.3 is 19.3 Å². The number of carboxylic acid groups (broad SMARTS) is 1. The normalized spacial score (nSPS) is 14.9. The van der Waals surface area contributed by atoms with E-state index in [1.54, 1.807) is 18.2 Å². The van der Waals surface area contributed by atoms with Gasteiger partial charge in [-0.25, -0.2) is 4.79 Å². The first-order valence-corrected chi connectivity index (χ1v) is 9.34. The lowest BCUT2D eigenvalue weighted by Gasteiger charge is -2.09. The molecule has 1 N–H and O–H groups in total. The van der Waals surface area contributed by atoms with Gasteiger partial charge in [-0.3, -0.25) is 0 Å². The molecule has 1 saturated heterocycles. The number of carbonyl (C=O) groups is 1. The highest BCUT2D eigenvalue weighted by Crippen LogP contribution is 2.22. The molecular formula is C18H25BrO5. The van der Waals surface area contributed by atoms with Crippen molar-refractivity contribution in [3.8, 4) is 5.75 Å². The van der Waals surface area contributed by atoms with Crippen molar-refractivity contribution in [2.75, 3.05) is 19.8 Å². The summed E-state index contributed by atoms with van der Waals surface area (Å²) in [6, 6.07) is 4.91. The Morgan fingerprint density at radius 2 is 1.75 bits per heavy atom. The van der Waals surface area contributed by atoms with Crippen molar-refractivity contribution in [3.05, 3.63) is 28.2 Å². The van der Waals surface area contributed by atoms with Crippen molar-refractivity contribution in [2.45, 2.75) is 51.2 Å². The number of hydrogen-bond acceptors (Lipinski definition) is 4. The van der Waals surface area contributed by atoms with Crippen LogP contribution in [0.3, 0.4) is 0 Å². The monoisotopic (exact) mass is 400 g/mol. The van der Waals surface area contributed by atoms with E-state index in [1.807, 2.05) is 0 Å². The Morgan fingerprint density at radius 3 is 2.46 bits per heavy atom. The maximum atomic E-state index is 11.0. The van der Waals surface area contributed by atoms with E-state index in [1.165, 1.54) is 19.3 Å². The zero-order chi connectivity index (χ0) is 17.2. The largest absolute Gasteiger partial charge is 0.494 e. The molecule has 0 unspecified atom stereocenters. The van der Waals surface area contributed by atoms with Gasteiger partial charge in [0.05, 0.1) is 25.4 Å². The molecule has 134 valence electrons. The maximum absolute atomic E-state index is 11.0. The SMILES string of the molecule is O=C(O)c1cc(Br)cc(OCCCCCCCCC2OCCO2)c1. The van der Waals surface area contributed by atoms with E-state index in [4.69, 9.17) is 19.3 Å². The molecule has 0 aromatic heterocycles. The summed E-state index contributed by atoms with van der Waals surface area (Å²) in [5, 5.41) is 9.02. The molecule has 1 aromatic carbocycles. The molecule has 0 bridgehead atoms. The summed E-state index contributed by atoms with van der Waals surface area (Å²) in [4.78, 5) is 11.0. The van der Waals surface area contributed by atoms with E-state index in [0.717, 1.165) is 38.9 Å². The van der Waals surface area contributed by atoms with Gasteiger partial charge in [-0.2, -0.15) is 0 Å². The van der Waals surface area contributed by atoms with Crippen LogP contribution in [0.1, 0.15) is 55.3 Å². The van der Waals surface area contributed by atoms with Gasteiger partial charge in [0, 0.05) is 4.47 Å². The van der Waals surface area contributed by atoms with Gasteiger partial charge in [-0.15, -0.1) is 0 Å². The van der Waals surface area contributed by atoms with Gasteiger partial charge >= 0.3 is 5.97 Å². The first-order chi connectivity index (χ1) is 11.6. The van der Waals surface area contributed by atoms with Crippen molar-refractivity contribution in [3.63, 3.8) is 0 Å². The van der Waals surface area contributed by atoms with Crippen LogP contribution in [0.2, 0.25) is 0 Å². The summed E-state index contributed by atoms with van der Waals surface area (Å²) in [7, 11) is 0. The van der Waals surface area contributed by atoms with Crippen molar-refractivity contribution in [1.82, 2.24) is 0 Å². The second-order valence-electron chi connectivity index (χ2n) is 5.91. The Labute approximate surface area is 151 Å². The molecule has 1 aliphatic heterocycles. The minimum Gasteiger partial charge on any atom is -0.494 e. The molecule has 1 aliphatic rings. The molecule has 24 heavy (non-hydrogen) atoms. The average molecular weight is 401 g/mol. The number of unbranched alkanes of at least 4 members (excludes halogenated alkanes) is 5. The number of aromatic carboxylic acids is 1. The van der Waals surface area contributed by atoms with Gasteiger partial charge in [0.1, 0.15) is 5.75 Å². The van der Waals surface area contributed by atoms with Gasteiger partial charge in [0.15, 0.2) is 6.29 Å². The highest BCUT2D eigenvalue weighted by atomic mass is 79.9. The molecule has 0 aliphatic carbocycles. The molecule has 0 radical (unpaired) electrons. The number of benzene rings is 1. The summed E-state index contributed by atoms with van der Waals surface area (Å²) in [5.74, 6) is -0.354. The minimum atomic E-state index is -0.949. The third kappa shape index (κ3) is 7.20. The summed E-state index contributed by atoms with van der Waals surface area (Å²) < 4.78 is 17.2.